The zero-order valence-corrected chi connectivity index (χ0v) is 9.32. The van der Waals surface area contributed by atoms with Gasteiger partial charge in [0, 0.05) is 12.1 Å². The first-order valence-corrected chi connectivity index (χ1v) is 4.80. The third kappa shape index (κ3) is 3.68. The predicted molar refractivity (Wildman–Crippen MR) is 48.8 cm³/mol. The molecule has 3 nitrogen and oxygen atoms in total. The molecule has 0 saturated carbocycles. The summed E-state index contributed by atoms with van der Waals surface area (Å²) < 4.78 is 102. The van der Waals surface area contributed by atoms with Crippen molar-refractivity contribution in [1.29, 1.82) is 0 Å². The number of hydrogen-bond donors (Lipinski definition) is 1. The second-order valence-electron chi connectivity index (χ2n) is 3.41. The summed E-state index contributed by atoms with van der Waals surface area (Å²) in [6, 6.07) is 0. The second kappa shape index (κ2) is 5.38. The lowest BCUT2D eigenvalue weighted by molar-refractivity contribution is -0.275. The first-order chi connectivity index (χ1) is 8.97. The number of ether oxygens (including phenoxy) is 1. The normalized spacial score (nSPS) is 12.9. The molecule has 0 spiro atoms. The Labute approximate surface area is 106 Å². The summed E-state index contributed by atoms with van der Waals surface area (Å²) in [5.74, 6) is -1.51. The number of halogens is 8. The number of nitrogens with zero attached hydrogens (tertiary/aromatic N) is 1. The molecule has 0 saturated heterocycles. The fourth-order valence-electron chi connectivity index (χ4n) is 1.44. The Kier molecular flexibility index (Phi) is 4.42. The van der Waals surface area contributed by atoms with Gasteiger partial charge in [0.25, 0.3) is 6.43 Å². The molecule has 0 aliphatic heterocycles. The molecule has 0 bridgehead atoms. The van der Waals surface area contributed by atoms with Crippen molar-refractivity contribution in [3.8, 4) is 5.75 Å². The highest BCUT2D eigenvalue weighted by Crippen LogP contribution is 2.40. The van der Waals surface area contributed by atoms with Crippen LogP contribution in [-0.4, -0.2) is 11.3 Å². The lowest BCUT2D eigenvalue weighted by Gasteiger charge is -2.18. The minimum absolute atomic E-state index is 0.0586. The molecule has 1 aromatic rings. The van der Waals surface area contributed by atoms with Crippen molar-refractivity contribution < 1.29 is 39.9 Å². The van der Waals surface area contributed by atoms with Crippen LogP contribution >= 0.6 is 0 Å². The average molecular weight is 310 g/mol. The summed E-state index contributed by atoms with van der Waals surface area (Å²) in [5, 5.41) is 0. The summed E-state index contributed by atoms with van der Waals surface area (Å²) in [6.45, 7) is -1.07. The van der Waals surface area contributed by atoms with E-state index in [1.54, 1.807) is 0 Å². The van der Waals surface area contributed by atoms with E-state index in [0.717, 1.165) is 0 Å². The molecule has 20 heavy (non-hydrogen) atoms. The summed E-state index contributed by atoms with van der Waals surface area (Å²) in [5.41, 5.74) is 0.317. The number of alkyl halides is 8. The Balaban J connectivity index is 3.50. The van der Waals surface area contributed by atoms with Crippen molar-refractivity contribution in [1.82, 2.24) is 4.98 Å². The van der Waals surface area contributed by atoms with Crippen LogP contribution < -0.4 is 10.5 Å². The molecule has 1 rings (SSSR count). The number of hydrogen-bond acceptors (Lipinski definition) is 3. The van der Waals surface area contributed by atoms with E-state index in [1.165, 1.54) is 0 Å². The minimum Gasteiger partial charge on any atom is -0.404 e. The van der Waals surface area contributed by atoms with E-state index in [1.807, 2.05) is 0 Å². The molecular formula is C9H6F8N2O. The zero-order chi connectivity index (χ0) is 15.7. The molecule has 0 aliphatic rings. The second-order valence-corrected chi connectivity index (χ2v) is 3.41. The fourth-order valence-corrected chi connectivity index (χ4v) is 1.44. The van der Waals surface area contributed by atoms with Gasteiger partial charge in [0.05, 0.1) is 11.8 Å². The number of rotatable bonds is 3. The topological polar surface area (TPSA) is 48.1 Å². The van der Waals surface area contributed by atoms with Gasteiger partial charge in [0.2, 0.25) is 0 Å². The van der Waals surface area contributed by atoms with Gasteiger partial charge >= 0.3 is 12.5 Å². The minimum atomic E-state index is -5.35. The van der Waals surface area contributed by atoms with Crippen molar-refractivity contribution in [2.75, 3.05) is 0 Å². The molecule has 1 aromatic heterocycles. The Morgan fingerprint density at radius 1 is 1.15 bits per heavy atom. The van der Waals surface area contributed by atoms with Crippen LogP contribution in [0.25, 0.3) is 0 Å². The van der Waals surface area contributed by atoms with Gasteiger partial charge in [-0.15, -0.1) is 13.2 Å². The SMILES string of the molecule is NCc1c(C(F)(F)F)ncc(OC(F)(F)F)c1C(F)F. The Morgan fingerprint density at radius 2 is 1.70 bits per heavy atom. The van der Waals surface area contributed by atoms with Gasteiger partial charge in [-0.3, -0.25) is 0 Å². The highest BCUT2D eigenvalue weighted by Gasteiger charge is 2.40. The summed E-state index contributed by atoms with van der Waals surface area (Å²) in [7, 11) is 0. The molecule has 0 amide bonds. The summed E-state index contributed by atoms with van der Waals surface area (Å²) in [4.78, 5) is 2.68. The maximum Gasteiger partial charge on any atom is 0.573 e. The fraction of sp³-hybridized carbons (Fsp3) is 0.444. The smallest absolute Gasteiger partial charge is 0.404 e. The van der Waals surface area contributed by atoms with Crippen LogP contribution in [0.3, 0.4) is 0 Å². The first-order valence-electron chi connectivity index (χ1n) is 4.80. The van der Waals surface area contributed by atoms with Crippen LogP contribution in [0.4, 0.5) is 35.1 Å². The maximum absolute atomic E-state index is 12.7. The third-order valence-electron chi connectivity index (χ3n) is 2.10. The van der Waals surface area contributed by atoms with E-state index in [-0.39, 0.29) is 6.20 Å². The zero-order valence-electron chi connectivity index (χ0n) is 9.32. The average Bonchev–Trinajstić information content (AvgIpc) is 2.23. The number of nitrogens with two attached hydrogens (primary N) is 1. The first kappa shape index (κ1) is 16.4. The molecule has 114 valence electrons. The van der Waals surface area contributed by atoms with Crippen LogP contribution in [-0.2, 0) is 12.7 Å². The van der Waals surface area contributed by atoms with Gasteiger partial charge in [0.1, 0.15) is 5.69 Å². The monoisotopic (exact) mass is 310 g/mol. The van der Waals surface area contributed by atoms with Gasteiger partial charge < -0.3 is 10.5 Å². The van der Waals surface area contributed by atoms with Crippen molar-refractivity contribution in [2.45, 2.75) is 25.5 Å². The molecule has 0 unspecified atom stereocenters. The number of pyridine rings is 1. The molecule has 2 N–H and O–H groups in total. The van der Waals surface area contributed by atoms with E-state index < -0.39 is 48.1 Å². The van der Waals surface area contributed by atoms with Crippen LogP contribution in [0.15, 0.2) is 6.20 Å². The third-order valence-corrected chi connectivity index (χ3v) is 2.10. The van der Waals surface area contributed by atoms with Gasteiger partial charge in [-0.1, -0.05) is 0 Å². The van der Waals surface area contributed by atoms with Crippen LogP contribution in [0, 0.1) is 0 Å². The van der Waals surface area contributed by atoms with Crippen molar-refractivity contribution in [3.63, 3.8) is 0 Å². The van der Waals surface area contributed by atoms with Crippen molar-refractivity contribution in [3.05, 3.63) is 23.0 Å². The quantitative estimate of drug-likeness (QED) is 0.871. The lowest BCUT2D eigenvalue weighted by Crippen LogP contribution is -2.22. The van der Waals surface area contributed by atoms with Gasteiger partial charge in [-0.05, 0) is 0 Å². The number of aromatic nitrogens is 1. The van der Waals surface area contributed by atoms with E-state index >= 15 is 0 Å². The van der Waals surface area contributed by atoms with Gasteiger partial charge in [0.15, 0.2) is 5.75 Å². The van der Waals surface area contributed by atoms with Crippen molar-refractivity contribution in [2.24, 2.45) is 5.73 Å². The molecule has 0 radical (unpaired) electrons. The highest BCUT2D eigenvalue weighted by atomic mass is 19.4. The Hall–Kier alpha value is -1.65. The molecular weight excluding hydrogens is 304 g/mol. The molecule has 0 aliphatic carbocycles. The van der Waals surface area contributed by atoms with Crippen molar-refractivity contribution >= 4 is 0 Å². The summed E-state index contributed by atoms with van der Waals surface area (Å²) in [6.07, 6.45) is -14.2. The Morgan fingerprint density at radius 3 is 2.05 bits per heavy atom. The lowest BCUT2D eigenvalue weighted by atomic mass is 10.1. The van der Waals surface area contributed by atoms with Crippen LogP contribution in [0.1, 0.15) is 23.2 Å². The maximum atomic E-state index is 12.7. The molecule has 1 heterocycles. The van der Waals surface area contributed by atoms with E-state index in [4.69, 9.17) is 5.73 Å². The van der Waals surface area contributed by atoms with E-state index in [2.05, 4.69) is 9.72 Å². The van der Waals surface area contributed by atoms with Crippen LogP contribution in [0.2, 0.25) is 0 Å². The highest BCUT2D eigenvalue weighted by molar-refractivity contribution is 5.43. The molecule has 0 fully saturated rings. The molecule has 0 aromatic carbocycles. The summed E-state index contributed by atoms with van der Waals surface area (Å²) >= 11 is 0. The predicted octanol–water partition coefficient (Wildman–Crippen LogP) is 3.40. The van der Waals surface area contributed by atoms with Gasteiger partial charge in [-0.2, -0.15) is 13.2 Å². The largest absolute Gasteiger partial charge is 0.573 e. The standard InChI is InChI=1S/C9H6F8N2O/c10-7(11)5-3(1-18)6(8(12,13)14)19-2-4(5)20-9(15,16)17/h2,7H,1,18H2. The molecule has 0 atom stereocenters. The van der Waals surface area contributed by atoms with Gasteiger partial charge in [-0.25, -0.2) is 13.8 Å². The van der Waals surface area contributed by atoms with E-state index in [0.29, 0.717) is 0 Å². The van der Waals surface area contributed by atoms with E-state index in [9.17, 15) is 35.1 Å². The Bertz CT molecular complexity index is 482. The molecule has 11 heteroatoms. The van der Waals surface area contributed by atoms with Crippen LogP contribution in [0.5, 0.6) is 5.75 Å².